The molecule has 90 valence electrons. The van der Waals surface area contributed by atoms with Crippen LogP contribution in [0.15, 0.2) is 6.33 Å². The van der Waals surface area contributed by atoms with Gasteiger partial charge in [-0.2, -0.15) is 5.10 Å². The molecular weight excluding hydrogens is 204 g/mol. The lowest BCUT2D eigenvalue weighted by atomic mass is 10.1. The summed E-state index contributed by atoms with van der Waals surface area (Å²) in [7, 11) is 0. The van der Waals surface area contributed by atoms with E-state index >= 15 is 0 Å². The van der Waals surface area contributed by atoms with Crippen LogP contribution >= 0.6 is 0 Å². The van der Waals surface area contributed by atoms with Crippen molar-refractivity contribution in [2.45, 2.75) is 45.4 Å². The van der Waals surface area contributed by atoms with Gasteiger partial charge in [0.1, 0.15) is 12.2 Å². The number of aryl methyl sites for hydroxylation is 1. The summed E-state index contributed by atoms with van der Waals surface area (Å²) in [5, 5.41) is 13.6. The lowest BCUT2D eigenvalue weighted by molar-refractivity contribution is 0.0773. The zero-order chi connectivity index (χ0) is 11.4. The molecule has 5 heteroatoms. The first-order chi connectivity index (χ1) is 7.79. The standard InChI is InChI=1S/C11H20N4O/c1-2-5-15-11(12-9-13-15)8-14-6-3-10(16)4-7-14/h9-10,16H,2-8H2,1H3. The molecule has 5 nitrogen and oxygen atoms in total. The third-order valence-corrected chi connectivity index (χ3v) is 3.05. The van der Waals surface area contributed by atoms with Crippen molar-refractivity contribution in [3.8, 4) is 0 Å². The molecule has 0 spiro atoms. The van der Waals surface area contributed by atoms with Crippen LogP contribution in [0.3, 0.4) is 0 Å². The Kier molecular flexibility index (Phi) is 3.90. The summed E-state index contributed by atoms with van der Waals surface area (Å²) in [5.74, 6) is 1.04. The largest absolute Gasteiger partial charge is 0.393 e. The summed E-state index contributed by atoms with van der Waals surface area (Å²) in [6, 6.07) is 0. The minimum atomic E-state index is -0.107. The molecule has 0 saturated carbocycles. The molecule has 0 atom stereocenters. The summed E-state index contributed by atoms with van der Waals surface area (Å²) in [4.78, 5) is 6.63. The zero-order valence-corrected chi connectivity index (χ0v) is 9.84. The van der Waals surface area contributed by atoms with Gasteiger partial charge < -0.3 is 5.11 Å². The smallest absolute Gasteiger partial charge is 0.141 e. The highest BCUT2D eigenvalue weighted by Gasteiger charge is 2.18. The molecule has 0 aromatic carbocycles. The van der Waals surface area contributed by atoms with Crippen LogP contribution in [0.25, 0.3) is 0 Å². The van der Waals surface area contributed by atoms with E-state index in [0.717, 1.165) is 51.3 Å². The third-order valence-electron chi connectivity index (χ3n) is 3.05. The molecule has 2 heterocycles. The Bertz CT molecular complexity index is 318. The molecule has 0 bridgehead atoms. The van der Waals surface area contributed by atoms with E-state index in [1.165, 1.54) is 0 Å². The minimum Gasteiger partial charge on any atom is -0.393 e. The van der Waals surface area contributed by atoms with Gasteiger partial charge in [-0.3, -0.25) is 4.90 Å². The van der Waals surface area contributed by atoms with Crippen molar-refractivity contribution in [3.05, 3.63) is 12.2 Å². The van der Waals surface area contributed by atoms with E-state index in [9.17, 15) is 5.11 Å². The van der Waals surface area contributed by atoms with E-state index in [1.807, 2.05) is 4.68 Å². The average Bonchev–Trinajstić information content (AvgIpc) is 2.70. The number of aliphatic hydroxyl groups excluding tert-OH is 1. The van der Waals surface area contributed by atoms with Gasteiger partial charge in [0.15, 0.2) is 0 Å². The van der Waals surface area contributed by atoms with Crippen molar-refractivity contribution in [3.63, 3.8) is 0 Å². The van der Waals surface area contributed by atoms with Crippen molar-refractivity contribution in [2.75, 3.05) is 13.1 Å². The van der Waals surface area contributed by atoms with Crippen LogP contribution < -0.4 is 0 Å². The predicted molar refractivity (Wildman–Crippen MR) is 60.8 cm³/mol. The maximum absolute atomic E-state index is 9.43. The first kappa shape index (κ1) is 11.5. The third kappa shape index (κ3) is 2.80. The molecular formula is C11H20N4O. The molecule has 1 fully saturated rings. The SMILES string of the molecule is CCCn1ncnc1CN1CCC(O)CC1. The van der Waals surface area contributed by atoms with E-state index in [2.05, 4.69) is 21.9 Å². The number of aromatic nitrogens is 3. The molecule has 16 heavy (non-hydrogen) atoms. The van der Waals surface area contributed by atoms with Gasteiger partial charge in [-0.05, 0) is 19.3 Å². The van der Waals surface area contributed by atoms with Gasteiger partial charge in [0, 0.05) is 19.6 Å². The molecule has 0 amide bonds. The fraction of sp³-hybridized carbons (Fsp3) is 0.818. The van der Waals surface area contributed by atoms with Crippen LogP contribution in [0, 0.1) is 0 Å². The van der Waals surface area contributed by atoms with E-state index in [4.69, 9.17) is 0 Å². The minimum absolute atomic E-state index is 0.107. The number of rotatable bonds is 4. The Morgan fingerprint density at radius 3 is 2.88 bits per heavy atom. The molecule has 2 rings (SSSR count). The summed E-state index contributed by atoms with van der Waals surface area (Å²) in [5.41, 5.74) is 0. The number of likely N-dealkylation sites (tertiary alicyclic amines) is 1. The number of hydrogen-bond acceptors (Lipinski definition) is 4. The highest BCUT2D eigenvalue weighted by Crippen LogP contribution is 2.12. The second kappa shape index (κ2) is 5.41. The summed E-state index contributed by atoms with van der Waals surface area (Å²) in [6.07, 6.45) is 4.35. The summed E-state index contributed by atoms with van der Waals surface area (Å²) in [6.45, 7) is 5.85. The van der Waals surface area contributed by atoms with Gasteiger partial charge >= 0.3 is 0 Å². The lowest BCUT2D eigenvalue weighted by Gasteiger charge is -2.28. The van der Waals surface area contributed by atoms with Gasteiger partial charge in [-0.1, -0.05) is 6.92 Å². The first-order valence-corrected chi connectivity index (χ1v) is 6.06. The van der Waals surface area contributed by atoms with E-state index in [-0.39, 0.29) is 6.10 Å². The normalized spacial score (nSPS) is 19.1. The Morgan fingerprint density at radius 2 is 2.19 bits per heavy atom. The molecule has 1 aliphatic heterocycles. The van der Waals surface area contributed by atoms with Crippen molar-refractivity contribution in [2.24, 2.45) is 0 Å². The summed E-state index contributed by atoms with van der Waals surface area (Å²) < 4.78 is 1.98. The molecule has 0 radical (unpaired) electrons. The maximum Gasteiger partial charge on any atom is 0.141 e. The fourth-order valence-corrected chi connectivity index (χ4v) is 2.09. The predicted octanol–water partition coefficient (Wildman–Crippen LogP) is 0.645. The number of aliphatic hydroxyl groups is 1. The topological polar surface area (TPSA) is 54.2 Å². The van der Waals surface area contributed by atoms with E-state index < -0.39 is 0 Å². The average molecular weight is 224 g/mol. The van der Waals surface area contributed by atoms with Crippen molar-refractivity contribution in [1.29, 1.82) is 0 Å². The molecule has 1 saturated heterocycles. The second-order valence-electron chi connectivity index (χ2n) is 4.41. The van der Waals surface area contributed by atoms with Crippen LogP contribution in [0.1, 0.15) is 32.0 Å². The Morgan fingerprint density at radius 1 is 1.44 bits per heavy atom. The highest BCUT2D eigenvalue weighted by atomic mass is 16.3. The monoisotopic (exact) mass is 224 g/mol. The van der Waals surface area contributed by atoms with Crippen LogP contribution in [0.5, 0.6) is 0 Å². The van der Waals surface area contributed by atoms with Gasteiger partial charge in [0.2, 0.25) is 0 Å². The maximum atomic E-state index is 9.43. The molecule has 0 unspecified atom stereocenters. The van der Waals surface area contributed by atoms with Gasteiger partial charge in [0.25, 0.3) is 0 Å². The number of nitrogens with zero attached hydrogens (tertiary/aromatic N) is 4. The molecule has 1 aromatic rings. The van der Waals surface area contributed by atoms with Crippen molar-refractivity contribution >= 4 is 0 Å². The Hall–Kier alpha value is -0.940. The Balaban J connectivity index is 1.90. The molecule has 1 aromatic heterocycles. The molecule has 0 aliphatic carbocycles. The number of piperidine rings is 1. The molecule has 1 aliphatic rings. The van der Waals surface area contributed by atoms with Gasteiger partial charge in [-0.15, -0.1) is 0 Å². The van der Waals surface area contributed by atoms with Gasteiger partial charge in [-0.25, -0.2) is 9.67 Å². The van der Waals surface area contributed by atoms with Crippen molar-refractivity contribution < 1.29 is 5.11 Å². The number of hydrogen-bond donors (Lipinski definition) is 1. The van der Waals surface area contributed by atoms with E-state index in [1.54, 1.807) is 6.33 Å². The quantitative estimate of drug-likeness (QED) is 0.815. The lowest BCUT2D eigenvalue weighted by Crippen LogP contribution is -2.36. The van der Waals surface area contributed by atoms with Crippen molar-refractivity contribution in [1.82, 2.24) is 19.7 Å². The van der Waals surface area contributed by atoms with Gasteiger partial charge in [0.05, 0.1) is 12.6 Å². The molecule has 1 N–H and O–H groups in total. The summed E-state index contributed by atoms with van der Waals surface area (Å²) >= 11 is 0. The van der Waals surface area contributed by atoms with E-state index in [0.29, 0.717) is 0 Å². The van der Waals surface area contributed by atoms with Crippen LogP contribution in [-0.4, -0.2) is 44.0 Å². The van der Waals surface area contributed by atoms with Crippen LogP contribution in [-0.2, 0) is 13.1 Å². The van der Waals surface area contributed by atoms with Crippen LogP contribution in [0.4, 0.5) is 0 Å². The fourth-order valence-electron chi connectivity index (χ4n) is 2.09. The first-order valence-electron chi connectivity index (χ1n) is 6.06. The zero-order valence-electron chi connectivity index (χ0n) is 9.84. The Labute approximate surface area is 96.1 Å². The second-order valence-corrected chi connectivity index (χ2v) is 4.41. The van der Waals surface area contributed by atoms with Crippen LogP contribution in [0.2, 0.25) is 0 Å². The highest BCUT2D eigenvalue weighted by molar-refractivity contribution is 4.86.